The summed E-state index contributed by atoms with van der Waals surface area (Å²) < 4.78 is 34.7. The smallest absolute Gasteiger partial charge is 0.330 e. The zero-order valence-electron chi connectivity index (χ0n) is 47.9. The number of esters is 2. The lowest BCUT2D eigenvalue weighted by Gasteiger charge is -2.36. The van der Waals surface area contributed by atoms with Gasteiger partial charge >= 0.3 is 11.9 Å². The first-order chi connectivity index (χ1) is 37.8. The number of hydrogen-bond acceptors (Lipinski definition) is 15. The SMILES string of the molecule is COc1ccc(CC[C@H]2OC(=O)[C@@H]3CCCCN3C(=O)C(=O)C(C)(C)COC(=O)C=CCCN(C)C(=O)[C@@H](C)NC(=O)[C@H](COC(C)(C)C)N(C)C(=O)C(c3ccccc3)NC(=O)CN(C)C(=O)COc3cccc2c3)cc1OC. The lowest BCUT2D eigenvalue weighted by molar-refractivity contribution is -0.165. The Morgan fingerprint density at radius 1 is 0.762 bits per heavy atom. The van der Waals surface area contributed by atoms with Gasteiger partial charge in [-0.1, -0.05) is 54.6 Å². The Labute approximate surface area is 468 Å². The van der Waals surface area contributed by atoms with Gasteiger partial charge in [0.25, 0.3) is 11.8 Å². The average molecular weight is 1110 g/mol. The molecule has 2 aliphatic rings. The average Bonchev–Trinajstić information content (AvgIpc) is 3.49. The zero-order valence-corrected chi connectivity index (χ0v) is 47.9. The Bertz CT molecular complexity index is 2720. The molecule has 2 heterocycles. The number of ketones is 1. The molecule has 2 N–H and O–H groups in total. The fourth-order valence-electron chi connectivity index (χ4n) is 8.86. The molecule has 0 aliphatic carbocycles. The van der Waals surface area contributed by atoms with Crippen molar-refractivity contribution in [2.24, 2.45) is 5.41 Å². The van der Waals surface area contributed by atoms with E-state index in [1.54, 1.807) is 81.4 Å². The molecule has 5 atom stereocenters. The molecule has 0 saturated carbocycles. The second-order valence-corrected chi connectivity index (χ2v) is 21.6. The van der Waals surface area contributed by atoms with Crippen LogP contribution in [-0.2, 0) is 63.8 Å². The molecule has 1 unspecified atom stereocenters. The van der Waals surface area contributed by atoms with E-state index in [0.717, 1.165) is 21.4 Å². The first kappa shape index (κ1) is 63.0. The summed E-state index contributed by atoms with van der Waals surface area (Å²) in [4.78, 5) is 130. The summed E-state index contributed by atoms with van der Waals surface area (Å²) in [5.41, 5.74) is -0.525. The molecule has 2 aliphatic heterocycles. The number of nitrogens with one attached hydrogen (secondary N) is 2. The Kier molecular flexibility index (Phi) is 22.8. The van der Waals surface area contributed by atoms with E-state index in [-0.39, 0.29) is 44.7 Å². The molecule has 0 spiro atoms. The van der Waals surface area contributed by atoms with Gasteiger partial charge in [-0.2, -0.15) is 0 Å². The van der Waals surface area contributed by atoms with Gasteiger partial charge in [-0.05, 0) is 121 Å². The molecular weight excluding hydrogens is 1030 g/mol. The molecule has 3 aromatic rings. The number of piperidine rings is 1. The number of rotatable bonds is 8. The van der Waals surface area contributed by atoms with Gasteiger partial charge in [-0.25, -0.2) is 9.59 Å². The van der Waals surface area contributed by atoms with Crippen LogP contribution in [-0.4, -0.2) is 171 Å². The summed E-state index contributed by atoms with van der Waals surface area (Å²) in [6.45, 7) is 8.22. The van der Waals surface area contributed by atoms with Crippen molar-refractivity contribution in [2.75, 3.05) is 74.8 Å². The van der Waals surface area contributed by atoms with Crippen molar-refractivity contribution in [3.8, 4) is 17.2 Å². The van der Waals surface area contributed by atoms with Crippen molar-refractivity contribution in [3.05, 3.63) is 102 Å². The van der Waals surface area contributed by atoms with Crippen LogP contribution in [0.2, 0.25) is 0 Å². The van der Waals surface area contributed by atoms with Crippen LogP contribution >= 0.6 is 0 Å². The van der Waals surface area contributed by atoms with Gasteiger partial charge in [0.1, 0.15) is 42.6 Å². The normalized spacial score (nSPS) is 22.5. The molecule has 0 aromatic heterocycles. The van der Waals surface area contributed by atoms with Crippen molar-refractivity contribution in [1.29, 1.82) is 0 Å². The van der Waals surface area contributed by atoms with E-state index >= 15 is 0 Å². The number of cyclic esters (lactones) is 2. The third kappa shape index (κ3) is 17.9. The van der Waals surface area contributed by atoms with Gasteiger partial charge in [0.2, 0.25) is 29.4 Å². The predicted molar refractivity (Wildman–Crippen MR) is 294 cm³/mol. The van der Waals surface area contributed by atoms with Crippen LogP contribution in [0.4, 0.5) is 0 Å². The molecule has 21 nitrogen and oxygen atoms in total. The van der Waals surface area contributed by atoms with Gasteiger partial charge in [0.05, 0.1) is 38.4 Å². The van der Waals surface area contributed by atoms with E-state index in [2.05, 4.69) is 10.6 Å². The number of nitrogens with zero attached hydrogens (tertiary/aromatic N) is 4. The maximum Gasteiger partial charge on any atom is 0.330 e. The quantitative estimate of drug-likeness (QED) is 0.229. The van der Waals surface area contributed by atoms with Gasteiger partial charge < -0.3 is 58.7 Å². The minimum Gasteiger partial charge on any atom is -0.493 e. The monoisotopic (exact) mass is 1110 g/mol. The number of methoxy groups -OCH3 is 2. The van der Waals surface area contributed by atoms with Crippen LogP contribution in [0.3, 0.4) is 0 Å². The van der Waals surface area contributed by atoms with Crippen LogP contribution in [0, 0.1) is 5.41 Å². The number of aryl methyl sites for hydroxylation is 1. The van der Waals surface area contributed by atoms with Crippen LogP contribution < -0.4 is 24.8 Å². The standard InChI is InChI=1S/C59H78N6O15/c1-38-54(71)62(7)30-17-16-25-50(68)78-37-59(5,6)52(69)56(73)65-31-18-15-24-43(65)57(74)80-45(28-26-39-27-29-46(75-10)47(32-39)76-11)41-22-19-23-42(33-41)77-36-49(67)63(8)34-48(66)61-51(40-20-13-12-14-21-40)55(72)64(9)44(53(70)60-38)35-79-58(2,3)4/h12-14,16,19-23,25,27,29,32-33,38,43-45,51H,15,17-18,24,26,28,30-31,34-37H2,1-11H3,(H,60,70)(H,61,66)/t38-,43+,44+,45-,51?/m1/s1. The summed E-state index contributed by atoms with van der Waals surface area (Å²) in [5.74, 6) is -5.26. The number of amides is 6. The number of hydrogen-bond donors (Lipinski definition) is 2. The molecule has 3 aromatic carbocycles. The van der Waals surface area contributed by atoms with E-state index in [9.17, 15) is 43.2 Å². The van der Waals surface area contributed by atoms with E-state index in [4.69, 9.17) is 28.4 Å². The maximum absolute atomic E-state index is 14.6. The third-order valence-corrected chi connectivity index (χ3v) is 13.7. The minimum atomic E-state index is -1.49. The molecule has 80 heavy (non-hydrogen) atoms. The number of Topliss-reactive ketones (excluding diaryl/α,β-unsaturated/α-hetero) is 1. The summed E-state index contributed by atoms with van der Waals surface area (Å²) in [7, 11) is 7.35. The molecule has 1 saturated heterocycles. The van der Waals surface area contributed by atoms with Gasteiger partial charge in [0, 0.05) is 40.3 Å². The Hall–Kier alpha value is -7.81. The molecule has 21 heteroatoms. The molecule has 6 amide bonds. The van der Waals surface area contributed by atoms with Crippen LogP contribution in [0.25, 0.3) is 0 Å². The molecule has 434 valence electrons. The number of carbonyl (C=O) groups excluding carboxylic acids is 9. The van der Waals surface area contributed by atoms with E-state index in [0.29, 0.717) is 41.9 Å². The first-order valence-corrected chi connectivity index (χ1v) is 26.7. The Morgan fingerprint density at radius 3 is 2.15 bits per heavy atom. The second-order valence-electron chi connectivity index (χ2n) is 21.6. The third-order valence-electron chi connectivity index (χ3n) is 13.7. The summed E-state index contributed by atoms with van der Waals surface area (Å²) in [5, 5.41) is 5.44. The summed E-state index contributed by atoms with van der Waals surface area (Å²) in [6, 6.07) is 15.6. The van der Waals surface area contributed by atoms with Crippen LogP contribution in [0.1, 0.15) is 102 Å². The summed E-state index contributed by atoms with van der Waals surface area (Å²) in [6.07, 6.45) is 3.83. The Morgan fingerprint density at radius 2 is 1.46 bits per heavy atom. The molecule has 0 radical (unpaired) electrons. The highest BCUT2D eigenvalue weighted by Crippen LogP contribution is 2.33. The van der Waals surface area contributed by atoms with Gasteiger partial charge in [-0.3, -0.25) is 33.6 Å². The van der Waals surface area contributed by atoms with Crippen molar-refractivity contribution in [2.45, 2.75) is 116 Å². The highest BCUT2D eigenvalue weighted by molar-refractivity contribution is 6.38. The number of fused-ring (bicyclic) bond motifs is 3. The van der Waals surface area contributed by atoms with E-state index in [1.165, 1.54) is 72.0 Å². The highest BCUT2D eigenvalue weighted by atomic mass is 16.5. The second kappa shape index (κ2) is 28.9. The highest BCUT2D eigenvalue weighted by Gasteiger charge is 2.43. The maximum atomic E-state index is 14.6. The van der Waals surface area contributed by atoms with Crippen LogP contribution in [0.5, 0.6) is 17.2 Å². The predicted octanol–water partition coefficient (Wildman–Crippen LogP) is 4.70. The van der Waals surface area contributed by atoms with Crippen molar-refractivity contribution < 1.29 is 71.6 Å². The number of benzene rings is 3. The molecule has 1 fully saturated rings. The fraction of sp³-hybridized carbons (Fsp3) is 0.508. The van der Waals surface area contributed by atoms with Gasteiger partial charge in [0.15, 0.2) is 18.1 Å². The fourth-order valence-corrected chi connectivity index (χ4v) is 8.86. The van der Waals surface area contributed by atoms with E-state index < -0.39 is 114 Å². The largest absolute Gasteiger partial charge is 0.493 e. The van der Waals surface area contributed by atoms with Crippen molar-refractivity contribution in [1.82, 2.24) is 30.2 Å². The van der Waals surface area contributed by atoms with Crippen molar-refractivity contribution in [3.63, 3.8) is 0 Å². The molecular formula is C59H78N6O15. The van der Waals surface area contributed by atoms with E-state index in [1.807, 2.05) is 12.1 Å². The van der Waals surface area contributed by atoms with Crippen LogP contribution in [0.15, 0.2) is 84.9 Å². The lowest BCUT2D eigenvalue weighted by Crippen LogP contribution is -2.57. The number of carbonyl (C=O) groups is 9. The minimum absolute atomic E-state index is 0.102. The Balaban J connectivity index is 1.46. The topological polar surface area (TPSA) is 246 Å². The summed E-state index contributed by atoms with van der Waals surface area (Å²) >= 11 is 0. The number of ether oxygens (including phenoxy) is 6. The van der Waals surface area contributed by atoms with Gasteiger partial charge in [-0.15, -0.1) is 0 Å². The lowest BCUT2D eigenvalue weighted by atomic mass is 9.87. The first-order valence-electron chi connectivity index (χ1n) is 26.7. The van der Waals surface area contributed by atoms with Crippen molar-refractivity contribution >= 4 is 53.2 Å². The number of likely N-dealkylation sites (N-methyl/N-ethyl adjacent to an activating group) is 3. The zero-order chi connectivity index (χ0) is 58.9. The molecule has 5 rings (SSSR count). The molecule has 2 bridgehead atoms.